The zero-order valence-electron chi connectivity index (χ0n) is 18.9. The van der Waals surface area contributed by atoms with E-state index in [1.165, 1.54) is 5.56 Å². The number of anilines is 1. The highest BCUT2D eigenvalue weighted by atomic mass is 35.5. The molecule has 0 N–H and O–H groups in total. The van der Waals surface area contributed by atoms with Crippen molar-refractivity contribution in [3.05, 3.63) is 76.1 Å². The van der Waals surface area contributed by atoms with Gasteiger partial charge in [0.25, 0.3) is 0 Å². The standard InChI is InChI=1S/C26H27ClF2N4O/c27-25-20(21(28)7-8-22(25)29)17-33-9-2-1-6-23-26(33)31-24(15-30-23)19-5-3-4-18(14-19)16-32-10-12-34-13-11-32/h3-5,7-8,14-15H,1-2,6,9-13,16-17H2. The van der Waals surface area contributed by atoms with Crippen LogP contribution in [0.3, 0.4) is 0 Å². The molecule has 0 bridgehead atoms. The van der Waals surface area contributed by atoms with Crippen LogP contribution in [0.4, 0.5) is 14.6 Å². The van der Waals surface area contributed by atoms with Crippen LogP contribution in [0.15, 0.2) is 42.6 Å². The van der Waals surface area contributed by atoms with Gasteiger partial charge in [0.15, 0.2) is 5.82 Å². The average Bonchev–Trinajstić information content (AvgIpc) is 3.06. The number of aromatic nitrogens is 2. The Hall–Kier alpha value is -2.61. The van der Waals surface area contributed by atoms with Crippen molar-refractivity contribution in [2.45, 2.75) is 32.4 Å². The molecule has 2 aliphatic rings. The largest absolute Gasteiger partial charge is 0.379 e. The van der Waals surface area contributed by atoms with E-state index in [1.54, 1.807) is 0 Å². The van der Waals surface area contributed by atoms with Crippen LogP contribution in [0, 0.1) is 11.6 Å². The molecule has 3 heterocycles. The van der Waals surface area contributed by atoms with Crippen molar-refractivity contribution < 1.29 is 13.5 Å². The van der Waals surface area contributed by atoms with Crippen molar-refractivity contribution in [1.29, 1.82) is 0 Å². The Bertz CT molecular complexity index is 1170. The first-order valence-corrected chi connectivity index (χ1v) is 12.1. The summed E-state index contributed by atoms with van der Waals surface area (Å²) in [6, 6.07) is 10.5. The lowest BCUT2D eigenvalue weighted by Gasteiger charge is -2.26. The van der Waals surface area contributed by atoms with Gasteiger partial charge in [0, 0.05) is 43.9 Å². The quantitative estimate of drug-likeness (QED) is 0.463. The van der Waals surface area contributed by atoms with Crippen LogP contribution >= 0.6 is 11.6 Å². The Labute approximate surface area is 203 Å². The Morgan fingerprint density at radius 1 is 0.971 bits per heavy atom. The molecule has 0 aliphatic carbocycles. The highest BCUT2D eigenvalue weighted by molar-refractivity contribution is 6.31. The molecule has 1 fully saturated rings. The number of halogens is 3. The zero-order chi connectivity index (χ0) is 23.5. The molecule has 3 aromatic rings. The first-order chi connectivity index (χ1) is 16.6. The van der Waals surface area contributed by atoms with Gasteiger partial charge < -0.3 is 9.64 Å². The average molecular weight is 485 g/mol. The maximum atomic E-state index is 14.5. The molecule has 2 aliphatic heterocycles. The van der Waals surface area contributed by atoms with E-state index in [4.69, 9.17) is 26.3 Å². The van der Waals surface area contributed by atoms with Gasteiger partial charge in [-0.3, -0.25) is 9.88 Å². The Morgan fingerprint density at radius 3 is 2.65 bits per heavy atom. The molecule has 178 valence electrons. The Kier molecular flexibility index (Phi) is 7.04. The van der Waals surface area contributed by atoms with Gasteiger partial charge in [0.05, 0.1) is 35.8 Å². The van der Waals surface area contributed by atoms with Crippen LogP contribution in [0.5, 0.6) is 0 Å². The van der Waals surface area contributed by atoms with Crippen molar-refractivity contribution >= 4 is 17.4 Å². The van der Waals surface area contributed by atoms with E-state index >= 15 is 0 Å². The minimum Gasteiger partial charge on any atom is -0.379 e. The number of benzene rings is 2. The maximum Gasteiger partial charge on any atom is 0.151 e. The first kappa shape index (κ1) is 23.1. The number of morpholine rings is 1. The molecule has 0 unspecified atom stereocenters. The van der Waals surface area contributed by atoms with Crippen molar-refractivity contribution in [3.8, 4) is 11.3 Å². The van der Waals surface area contributed by atoms with Gasteiger partial charge in [0.1, 0.15) is 11.6 Å². The second kappa shape index (κ2) is 10.3. The second-order valence-corrected chi connectivity index (χ2v) is 9.19. The summed E-state index contributed by atoms with van der Waals surface area (Å²) < 4.78 is 34.0. The summed E-state index contributed by atoms with van der Waals surface area (Å²) in [6.45, 7) is 5.07. The second-order valence-electron chi connectivity index (χ2n) is 8.81. The molecule has 2 aromatic carbocycles. The molecule has 0 saturated carbocycles. The predicted octanol–water partition coefficient (Wildman–Crippen LogP) is 5.25. The molecule has 1 aromatic heterocycles. The van der Waals surface area contributed by atoms with E-state index in [2.05, 4.69) is 17.0 Å². The summed E-state index contributed by atoms with van der Waals surface area (Å²) >= 11 is 6.12. The van der Waals surface area contributed by atoms with E-state index < -0.39 is 11.6 Å². The van der Waals surface area contributed by atoms with Gasteiger partial charge in [0.2, 0.25) is 0 Å². The summed E-state index contributed by atoms with van der Waals surface area (Å²) in [5, 5.41) is -0.175. The Balaban J connectivity index is 1.44. The molecule has 5 rings (SSSR count). The van der Waals surface area contributed by atoms with Crippen molar-refractivity contribution in [3.63, 3.8) is 0 Å². The zero-order valence-corrected chi connectivity index (χ0v) is 19.7. The predicted molar refractivity (Wildman–Crippen MR) is 129 cm³/mol. The molecule has 0 spiro atoms. The number of aryl methyl sites for hydroxylation is 1. The van der Waals surface area contributed by atoms with E-state index in [1.807, 2.05) is 23.2 Å². The molecular weight excluding hydrogens is 458 g/mol. The molecule has 0 amide bonds. The highest BCUT2D eigenvalue weighted by Gasteiger charge is 2.23. The van der Waals surface area contributed by atoms with Gasteiger partial charge >= 0.3 is 0 Å². The van der Waals surface area contributed by atoms with E-state index in [-0.39, 0.29) is 17.1 Å². The fraction of sp³-hybridized carbons (Fsp3) is 0.385. The molecule has 0 radical (unpaired) electrons. The van der Waals surface area contributed by atoms with Crippen LogP contribution in [0.2, 0.25) is 5.02 Å². The minimum atomic E-state index is -0.620. The van der Waals surface area contributed by atoms with Gasteiger partial charge in [-0.15, -0.1) is 0 Å². The third-order valence-electron chi connectivity index (χ3n) is 6.44. The van der Waals surface area contributed by atoms with Crippen LogP contribution in [0.1, 0.15) is 29.7 Å². The smallest absolute Gasteiger partial charge is 0.151 e. The highest BCUT2D eigenvalue weighted by Crippen LogP contribution is 2.31. The number of hydrogen-bond acceptors (Lipinski definition) is 5. The summed E-state index contributed by atoms with van der Waals surface area (Å²) in [4.78, 5) is 14.0. The Morgan fingerprint density at radius 2 is 1.79 bits per heavy atom. The van der Waals surface area contributed by atoms with Crippen LogP contribution < -0.4 is 4.90 Å². The molecule has 8 heteroatoms. The summed E-state index contributed by atoms with van der Waals surface area (Å²) in [5.41, 5.74) is 3.98. The molecular formula is C26H27ClF2N4O. The number of ether oxygens (including phenoxy) is 1. The molecule has 5 nitrogen and oxygen atoms in total. The van der Waals surface area contributed by atoms with Crippen molar-refractivity contribution in [2.75, 3.05) is 37.7 Å². The number of hydrogen-bond donors (Lipinski definition) is 0. The first-order valence-electron chi connectivity index (χ1n) is 11.7. The number of fused-ring (bicyclic) bond motifs is 1. The number of nitrogens with zero attached hydrogens (tertiary/aromatic N) is 4. The summed E-state index contributed by atoms with van der Waals surface area (Å²) in [7, 11) is 0. The van der Waals surface area contributed by atoms with Crippen LogP contribution in [0.25, 0.3) is 11.3 Å². The van der Waals surface area contributed by atoms with Gasteiger partial charge in [-0.2, -0.15) is 0 Å². The number of rotatable bonds is 5. The van der Waals surface area contributed by atoms with Gasteiger partial charge in [-0.25, -0.2) is 13.8 Å². The van der Waals surface area contributed by atoms with Crippen molar-refractivity contribution in [2.24, 2.45) is 0 Å². The lowest BCUT2D eigenvalue weighted by molar-refractivity contribution is 0.0342. The lowest BCUT2D eigenvalue weighted by atomic mass is 10.1. The maximum absolute atomic E-state index is 14.5. The van der Waals surface area contributed by atoms with E-state index in [9.17, 15) is 8.78 Å². The molecule has 34 heavy (non-hydrogen) atoms. The fourth-order valence-electron chi connectivity index (χ4n) is 4.58. The molecule has 1 saturated heterocycles. The fourth-order valence-corrected chi connectivity index (χ4v) is 4.79. The topological polar surface area (TPSA) is 41.5 Å². The summed E-state index contributed by atoms with van der Waals surface area (Å²) in [6.07, 6.45) is 4.49. The van der Waals surface area contributed by atoms with Gasteiger partial charge in [-0.05, 0) is 43.0 Å². The lowest BCUT2D eigenvalue weighted by Crippen LogP contribution is -2.35. The van der Waals surface area contributed by atoms with Crippen LogP contribution in [-0.4, -0.2) is 47.7 Å². The SMILES string of the molecule is Fc1ccc(F)c(CN2CCCCc3ncc(-c4cccc(CN5CCOCC5)c4)nc32)c1Cl. The monoisotopic (exact) mass is 484 g/mol. The molecule has 0 atom stereocenters. The minimum absolute atomic E-state index is 0.143. The van der Waals surface area contributed by atoms with Gasteiger partial charge in [-0.1, -0.05) is 29.8 Å². The van der Waals surface area contributed by atoms with Crippen LogP contribution in [-0.2, 0) is 24.2 Å². The summed E-state index contributed by atoms with van der Waals surface area (Å²) in [5.74, 6) is -0.421. The van der Waals surface area contributed by atoms with E-state index in [0.29, 0.717) is 12.4 Å². The normalized spacial score (nSPS) is 16.9. The van der Waals surface area contributed by atoms with E-state index in [0.717, 1.165) is 81.2 Å². The third kappa shape index (κ3) is 5.06. The third-order valence-corrected chi connectivity index (χ3v) is 6.85. The van der Waals surface area contributed by atoms with Crippen molar-refractivity contribution in [1.82, 2.24) is 14.9 Å².